The van der Waals surface area contributed by atoms with Crippen LogP contribution in [0.1, 0.15) is 26.7 Å². The summed E-state index contributed by atoms with van der Waals surface area (Å²) in [4.78, 5) is 15.5. The molecule has 0 aliphatic carbocycles. The van der Waals surface area contributed by atoms with E-state index in [1.165, 1.54) is 25.9 Å². The maximum Gasteiger partial charge on any atom is 0.166 e. The highest BCUT2D eigenvalue weighted by Crippen LogP contribution is 2.36. The highest BCUT2D eigenvalue weighted by Gasteiger charge is 2.27. The Kier molecular flexibility index (Phi) is 12.2. The molecule has 2 N–H and O–H groups in total. The van der Waals surface area contributed by atoms with Crippen molar-refractivity contribution < 1.29 is 5.11 Å². The molecular formula is C21H35Cl4N5OS. The summed E-state index contributed by atoms with van der Waals surface area (Å²) in [5.41, 5.74) is 3.03. The fraction of sp³-hybridized carbons (Fsp3) is 0.667. The number of aromatic amines is 1. The average Bonchev–Trinajstić information content (AvgIpc) is 3.30. The van der Waals surface area contributed by atoms with Crippen LogP contribution in [0.25, 0.3) is 11.0 Å². The number of piperazine rings is 1. The number of aliphatic hydroxyl groups excluding tert-OH is 1. The molecular weight excluding hydrogens is 512 g/mol. The Labute approximate surface area is 219 Å². The van der Waals surface area contributed by atoms with Crippen molar-refractivity contribution in [2.75, 3.05) is 63.9 Å². The van der Waals surface area contributed by atoms with Crippen LogP contribution in [0.4, 0.5) is 5.69 Å². The minimum atomic E-state index is 0. The summed E-state index contributed by atoms with van der Waals surface area (Å²) in [6, 6.07) is 4.13. The van der Waals surface area contributed by atoms with E-state index in [4.69, 9.17) is 21.7 Å². The van der Waals surface area contributed by atoms with Crippen LogP contribution in [0, 0.1) is 0 Å². The number of fused-ring (bicyclic) bond motifs is 1. The molecule has 2 aromatic rings. The van der Waals surface area contributed by atoms with Gasteiger partial charge in [0.1, 0.15) is 0 Å². The Balaban J connectivity index is 0.00000171. The molecule has 0 saturated carbocycles. The predicted octanol–water partition coefficient (Wildman–Crippen LogP) is 4.56. The Morgan fingerprint density at radius 1 is 1.03 bits per heavy atom. The van der Waals surface area contributed by atoms with Crippen LogP contribution in [-0.4, -0.2) is 88.6 Å². The lowest BCUT2D eigenvalue weighted by atomic mass is 10.2. The van der Waals surface area contributed by atoms with Crippen molar-refractivity contribution in [3.05, 3.63) is 17.2 Å². The molecule has 2 aliphatic rings. The van der Waals surface area contributed by atoms with Gasteiger partial charge in [-0.2, -0.15) is 0 Å². The van der Waals surface area contributed by atoms with Crippen molar-refractivity contribution in [3.63, 3.8) is 0 Å². The fourth-order valence-electron chi connectivity index (χ4n) is 4.41. The molecule has 0 radical (unpaired) electrons. The van der Waals surface area contributed by atoms with Crippen LogP contribution >= 0.6 is 60.6 Å². The summed E-state index contributed by atoms with van der Waals surface area (Å²) in [6.07, 6.45) is 2.64. The van der Waals surface area contributed by atoms with Crippen molar-refractivity contribution in [1.29, 1.82) is 0 Å². The Morgan fingerprint density at radius 2 is 1.69 bits per heavy atom. The molecule has 184 valence electrons. The SMILES string of the molecule is CC(C)(CN1CCCC1)Sc1nc2cc(N3CCN(CCO)CC3)c(Cl)cc2[nH]1.Cl.Cl.Cl. The van der Waals surface area contributed by atoms with Gasteiger partial charge in [-0.15, -0.1) is 37.2 Å². The molecule has 6 nitrogen and oxygen atoms in total. The number of H-pyrrole nitrogens is 1. The lowest BCUT2D eigenvalue weighted by Crippen LogP contribution is -2.47. The maximum atomic E-state index is 9.13. The number of nitrogens with one attached hydrogen (secondary N) is 1. The van der Waals surface area contributed by atoms with Crippen LogP contribution < -0.4 is 4.90 Å². The lowest BCUT2D eigenvalue weighted by molar-refractivity contribution is 0.189. The number of halogens is 4. The number of nitrogens with zero attached hydrogens (tertiary/aromatic N) is 4. The minimum Gasteiger partial charge on any atom is -0.395 e. The third-order valence-corrected chi connectivity index (χ3v) is 7.21. The van der Waals surface area contributed by atoms with Gasteiger partial charge in [-0.1, -0.05) is 23.4 Å². The zero-order valence-electron chi connectivity index (χ0n) is 18.7. The third-order valence-electron chi connectivity index (χ3n) is 5.83. The standard InChI is InChI=1S/C21H32ClN5OS.3ClH/c1-21(2,15-26-5-3-4-6-26)29-20-23-17-13-16(22)19(14-18(17)24-20)27-9-7-25(8-10-27)11-12-28;;;/h13-14,28H,3-12,15H2,1-2H3,(H,23,24);3*1H. The second-order valence-corrected chi connectivity index (χ2v) is 10.9. The molecule has 11 heteroatoms. The van der Waals surface area contributed by atoms with E-state index in [2.05, 4.69) is 39.6 Å². The van der Waals surface area contributed by atoms with Crippen LogP contribution in [-0.2, 0) is 0 Å². The van der Waals surface area contributed by atoms with Gasteiger partial charge in [0.2, 0.25) is 0 Å². The Hall–Kier alpha value is -0.120. The number of thioether (sulfide) groups is 1. The van der Waals surface area contributed by atoms with Crippen molar-refractivity contribution in [1.82, 2.24) is 19.8 Å². The van der Waals surface area contributed by atoms with E-state index in [9.17, 15) is 0 Å². The molecule has 0 bridgehead atoms. The van der Waals surface area contributed by atoms with Gasteiger partial charge >= 0.3 is 0 Å². The van der Waals surface area contributed by atoms with Gasteiger partial charge in [0.05, 0.1) is 28.4 Å². The smallest absolute Gasteiger partial charge is 0.166 e. The number of likely N-dealkylation sites (tertiary alicyclic amines) is 1. The summed E-state index contributed by atoms with van der Waals surface area (Å²) in [5.74, 6) is 0. The fourth-order valence-corrected chi connectivity index (χ4v) is 5.77. The minimum absolute atomic E-state index is 0. The summed E-state index contributed by atoms with van der Waals surface area (Å²) >= 11 is 8.45. The van der Waals surface area contributed by atoms with E-state index in [1.807, 2.05) is 17.8 Å². The van der Waals surface area contributed by atoms with Gasteiger partial charge < -0.3 is 19.9 Å². The molecule has 3 heterocycles. The Morgan fingerprint density at radius 3 is 2.31 bits per heavy atom. The maximum absolute atomic E-state index is 9.13. The molecule has 1 aromatic heterocycles. The van der Waals surface area contributed by atoms with E-state index in [0.717, 1.165) is 66.2 Å². The summed E-state index contributed by atoms with van der Waals surface area (Å²) in [5, 5.41) is 10.9. The van der Waals surface area contributed by atoms with Gasteiger partial charge in [-0.3, -0.25) is 4.90 Å². The molecule has 0 spiro atoms. The van der Waals surface area contributed by atoms with Gasteiger partial charge in [-0.05, 0) is 51.9 Å². The third kappa shape index (κ3) is 7.44. The number of benzene rings is 1. The van der Waals surface area contributed by atoms with E-state index < -0.39 is 0 Å². The van der Waals surface area contributed by atoms with Crippen LogP contribution in [0.15, 0.2) is 17.3 Å². The van der Waals surface area contributed by atoms with Crippen molar-refractivity contribution in [3.8, 4) is 0 Å². The second kappa shape index (κ2) is 13.1. The zero-order chi connectivity index (χ0) is 20.4. The largest absolute Gasteiger partial charge is 0.395 e. The molecule has 0 atom stereocenters. The number of hydrogen-bond acceptors (Lipinski definition) is 6. The van der Waals surface area contributed by atoms with Crippen molar-refractivity contribution in [2.24, 2.45) is 0 Å². The highest BCUT2D eigenvalue weighted by molar-refractivity contribution is 8.00. The summed E-state index contributed by atoms with van der Waals surface area (Å²) in [7, 11) is 0. The molecule has 2 aliphatic heterocycles. The topological polar surface area (TPSA) is 58.6 Å². The Bertz CT molecular complexity index is 839. The predicted molar refractivity (Wildman–Crippen MR) is 144 cm³/mol. The van der Waals surface area contributed by atoms with Crippen molar-refractivity contribution >= 4 is 77.3 Å². The van der Waals surface area contributed by atoms with E-state index in [1.54, 1.807) is 0 Å². The number of rotatable bonds is 7. The summed E-state index contributed by atoms with van der Waals surface area (Å²) < 4.78 is 0.105. The quantitative estimate of drug-likeness (QED) is 0.496. The summed E-state index contributed by atoms with van der Waals surface area (Å²) in [6.45, 7) is 12.8. The first-order valence-corrected chi connectivity index (χ1v) is 11.8. The lowest BCUT2D eigenvalue weighted by Gasteiger charge is -2.36. The van der Waals surface area contributed by atoms with Gasteiger partial charge in [-0.25, -0.2) is 4.98 Å². The van der Waals surface area contributed by atoms with Gasteiger partial charge in [0, 0.05) is 44.0 Å². The number of aliphatic hydroxyl groups is 1. The first-order valence-electron chi connectivity index (χ1n) is 10.6. The number of aromatic nitrogens is 2. The zero-order valence-corrected chi connectivity index (χ0v) is 22.7. The molecule has 1 aromatic carbocycles. The van der Waals surface area contributed by atoms with Gasteiger partial charge in [0.15, 0.2) is 5.16 Å². The highest BCUT2D eigenvalue weighted by atomic mass is 35.5. The van der Waals surface area contributed by atoms with E-state index >= 15 is 0 Å². The van der Waals surface area contributed by atoms with Crippen molar-refractivity contribution in [2.45, 2.75) is 36.6 Å². The van der Waals surface area contributed by atoms with E-state index in [0.29, 0.717) is 0 Å². The normalized spacial score (nSPS) is 17.7. The number of imidazole rings is 1. The molecule has 4 rings (SSSR count). The van der Waals surface area contributed by atoms with E-state index in [-0.39, 0.29) is 48.6 Å². The molecule has 0 unspecified atom stereocenters. The first-order chi connectivity index (χ1) is 13.9. The van der Waals surface area contributed by atoms with Crippen LogP contribution in [0.3, 0.4) is 0 Å². The first kappa shape index (κ1) is 29.9. The monoisotopic (exact) mass is 545 g/mol. The number of β-amino-alcohol motifs (C(OH)–C–C–N with tert-alkyl or cyclic N) is 1. The van der Waals surface area contributed by atoms with Gasteiger partial charge in [0.25, 0.3) is 0 Å². The molecule has 0 amide bonds. The van der Waals surface area contributed by atoms with Crippen LogP contribution in [0.5, 0.6) is 0 Å². The number of hydrogen-bond donors (Lipinski definition) is 2. The average molecular weight is 547 g/mol. The molecule has 2 saturated heterocycles. The molecule has 32 heavy (non-hydrogen) atoms. The number of anilines is 1. The molecule has 2 fully saturated rings. The van der Waals surface area contributed by atoms with Crippen LogP contribution in [0.2, 0.25) is 5.02 Å². The second-order valence-electron chi connectivity index (χ2n) is 8.76.